The summed E-state index contributed by atoms with van der Waals surface area (Å²) in [7, 11) is 0. The molecule has 0 aliphatic rings. The molecule has 0 saturated heterocycles. The molecule has 0 saturated carbocycles. The van der Waals surface area contributed by atoms with Crippen molar-refractivity contribution in [1.82, 2.24) is 0 Å². The maximum atomic E-state index is 6.48. The van der Waals surface area contributed by atoms with E-state index in [9.17, 15) is 0 Å². The van der Waals surface area contributed by atoms with E-state index in [1.54, 1.807) is 6.07 Å². The van der Waals surface area contributed by atoms with E-state index >= 15 is 0 Å². The average Bonchev–Trinajstić information content (AvgIpc) is 2.36. The minimum Gasteiger partial charge on any atom is -0.117 e. The first kappa shape index (κ1) is 15.0. The van der Waals surface area contributed by atoms with E-state index in [-0.39, 0.29) is 5.38 Å². The molecule has 0 spiro atoms. The zero-order valence-electron chi connectivity index (χ0n) is 10.3. The summed E-state index contributed by atoms with van der Waals surface area (Å²) < 4.78 is 0. The molecule has 0 fully saturated rings. The van der Waals surface area contributed by atoms with Crippen molar-refractivity contribution in [3.05, 3.63) is 68.2 Å². The van der Waals surface area contributed by atoms with Gasteiger partial charge in [-0.05, 0) is 54.3 Å². The van der Waals surface area contributed by atoms with Crippen LogP contribution in [-0.2, 0) is 6.42 Å². The van der Waals surface area contributed by atoms with Gasteiger partial charge in [-0.2, -0.15) is 0 Å². The van der Waals surface area contributed by atoms with Crippen LogP contribution >= 0.6 is 46.4 Å². The van der Waals surface area contributed by atoms with Crippen molar-refractivity contribution in [1.29, 1.82) is 0 Å². The van der Waals surface area contributed by atoms with Crippen molar-refractivity contribution in [2.75, 3.05) is 0 Å². The Morgan fingerprint density at radius 3 is 2.37 bits per heavy atom. The number of benzene rings is 2. The molecular weight excluding hydrogens is 322 g/mol. The highest BCUT2D eigenvalue weighted by Crippen LogP contribution is 2.31. The van der Waals surface area contributed by atoms with Crippen LogP contribution in [-0.4, -0.2) is 0 Å². The molecule has 2 aromatic carbocycles. The van der Waals surface area contributed by atoms with Crippen LogP contribution in [0.2, 0.25) is 15.1 Å². The van der Waals surface area contributed by atoms with E-state index in [1.165, 1.54) is 0 Å². The normalized spacial score (nSPS) is 12.5. The molecule has 2 rings (SSSR count). The lowest BCUT2D eigenvalue weighted by Gasteiger charge is -2.14. The van der Waals surface area contributed by atoms with Crippen molar-refractivity contribution in [2.45, 2.75) is 18.7 Å². The van der Waals surface area contributed by atoms with Crippen LogP contribution < -0.4 is 0 Å². The maximum absolute atomic E-state index is 6.48. The largest absolute Gasteiger partial charge is 0.117 e. The lowest BCUT2D eigenvalue weighted by Crippen LogP contribution is -1.98. The Kier molecular flexibility index (Phi) is 5.03. The van der Waals surface area contributed by atoms with Gasteiger partial charge in [-0.3, -0.25) is 0 Å². The maximum Gasteiger partial charge on any atom is 0.0628 e. The van der Waals surface area contributed by atoms with Gasteiger partial charge in [-0.1, -0.05) is 46.9 Å². The fourth-order valence-electron chi connectivity index (χ4n) is 1.93. The van der Waals surface area contributed by atoms with E-state index in [1.807, 2.05) is 37.3 Å². The van der Waals surface area contributed by atoms with Crippen molar-refractivity contribution in [3.63, 3.8) is 0 Å². The molecule has 4 heteroatoms. The van der Waals surface area contributed by atoms with Crippen LogP contribution in [0.5, 0.6) is 0 Å². The van der Waals surface area contributed by atoms with Crippen molar-refractivity contribution in [2.24, 2.45) is 0 Å². The number of halogens is 4. The van der Waals surface area contributed by atoms with Gasteiger partial charge in [-0.25, -0.2) is 0 Å². The average molecular weight is 334 g/mol. The van der Waals surface area contributed by atoms with Crippen LogP contribution in [0.15, 0.2) is 36.4 Å². The summed E-state index contributed by atoms with van der Waals surface area (Å²) in [6.07, 6.45) is 0.680. The minimum atomic E-state index is -0.143. The molecule has 0 heterocycles. The van der Waals surface area contributed by atoms with Gasteiger partial charge in [0.1, 0.15) is 0 Å². The molecule has 0 amide bonds. The first-order valence-corrected chi connectivity index (χ1v) is 7.38. The third-order valence-corrected chi connectivity index (χ3v) is 4.34. The fourth-order valence-corrected chi connectivity index (χ4v) is 2.85. The quantitative estimate of drug-likeness (QED) is 0.564. The van der Waals surface area contributed by atoms with Crippen LogP contribution in [0.1, 0.15) is 22.1 Å². The third-order valence-electron chi connectivity index (χ3n) is 2.98. The highest BCUT2D eigenvalue weighted by Gasteiger charge is 2.13. The first-order chi connectivity index (χ1) is 8.97. The molecular formula is C15H12Cl4. The summed E-state index contributed by atoms with van der Waals surface area (Å²) in [5.41, 5.74) is 3.22. The number of rotatable bonds is 3. The Labute approximate surface area is 133 Å². The van der Waals surface area contributed by atoms with Crippen molar-refractivity contribution in [3.8, 4) is 0 Å². The van der Waals surface area contributed by atoms with Crippen LogP contribution in [0.4, 0.5) is 0 Å². The summed E-state index contributed by atoms with van der Waals surface area (Å²) >= 11 is 24.4. The molecule has 0 nitrogen and oxygen atoms in total. The number of hydrogen-bond donors (Lipinski definition) is 0. The van der Waals surface area contributed by atoms with Gasteiger partial charge in [-0.15, -0.1) is 11.6 Å². The molecule has 0 N–H and O–H groups in total. The Morgan fingerprint density at radius 2 is 1.68 bits per heavy atom. The highest BCUT2D eigenvalue weighted by atomic mass is 35.5. The van der Waals surface area contributed by atoms with Gasteiger partial charge in [0, 0.05) is 5.02 Å². The van der Waals surface area contributed by atoms with E-state index in [4.69, 9.17) is 46.4 Å². The Hall–Kier alpha value is -0.400. The standard InChI is InChI=1S/C15H12Cl4/c1-9-2-4-11(16)8-12(9)14(18)6-10-3-5-13(17)15(19)7-10/h2-5,7-8,14H,6H2,1H3. The summed E-state index contributed by atoms with van der Waals surface area (Å²) in [6.45, 7) is 2.02. The molecule has 1 atom stereocenters. The smallest absolute Gasteiger partial charge is 0.0628 e. The molecule has 0 aliphatic heterocycles. The molecule has 19 heavy (non-hydrogen) atoms. The second kappa shape index (κ2) is 6.37. The zero-order valence-corrected chi connectivity index (χ0v) is 13.3. The summed E-state index contributed by atoms with van der Waals surface area (Å²) in [5, 5.41) is 1.65. The molecule has 100 valence electrons. The van der Waals surface area contributed by atoms with Gasteiger partial charge in [0.25, 0.3) is 0 Å². The van der Waals surface area contributed by atoms with Crippen LogP contribution in [0.25, 0.3) is 0 Å². The number of aryl methyl sites for hydroxylation is 1. The first-order valence-electron chi connectivity index (χ1n) is 5.81. The molecule has 0 bridgehead atoms. The summed E-state index contributed by atoms with van der Waals surface area (Å²) in [5.74, 6) is 0. The predicted octanol–water partition coefficient (Wildman–Crippen LogP) is 6.48. The Morgan fingerprint density at radius 1 is 0.947 bits per heavy atom. The van der Waals surface area contributed by atoms with Gasteiger partial charge >= 0.3 is 0 Å². The van der Waals surface area contributed by atoms with E-state index < -0.39 is 0 Å². The zero-order chi connectivity index (χ0) is 14.0. The third kappa shape index (κ3) is 3.79. The SMILES string of the molecule is Cc1ccc(Cl)cc1C(Cl)Cc1ccc(Cl)c(Cl)c1. The summed E-state index contributed by atoms with van der Waals surface area (Å²) in [4.78, 5) is 0. The lowest BCUT2D eigenvalue weighted by molar-refractivity contribution is 0.910. The Bertz CT molecular complexity index is 593. The lowest BCUT2D eigenvalue weighted by atomic mass is 10.00. The van der Waals surface area contributed by atoms with Gasteiger partial charge in [0.05, 0.1) is 15.4 Å². The van der Waals surface area contributed by atoms with Crippen molar-refractivity contribution >= 4 is 46.4 Å². The second-order valence-electron chi connectivity index (χ2n) is 4.42. The van der Waals surface area contributed by atoms with Crippen LogP contribution in [0, 0.1) is 6.92 Å². The van der Waals surface area contributed by atoms with E-state index in [0.29, 0.717) is 21.5 Å². The molecule has 0 radical (unpaired) electrons. The van der Waals surface area contributed by atoms with Crippen LogP contribution in [0.3, 0.4) is 0 Å². The van der Waals surface area contributed by atoms with E-state index in [2.05, 4.69) is 0 Å². The van der Waals surface area contributed by atoms with Crippen molar-refractivity contribution < 1.29 is 0 Å². The number of hydrogen-bond acceptors (Lipinski definition) is 0. The molecule has 1 unspecified atom stereocenters. The van der Waals surface area contributed by atoms with E-state index in [0.717, 1.165) is 16.7 Å². The Balaban J connectivity index is 2.22. The predicted molar refractivity (Wildman–Crippen MR) is 84.9 cm³/mol. The van der Waals surface area contributed by atoms with Gasteiger partial charge in [0.2, 0.25) is 0 Å². The fraction of sp³-hybridized carbons (Fsp3) is 0.200. The topological polar surface area (TPSA) is 0 Å². The second-order valence-corrected chi connectivity index (χ2v) is 6.20. The van der Waals surface area contributed by atoms with Gasteiger partial charge < -0.3 is 0 Å². The molecule has 0 aromatic heterocycles. The highest BCUT2D eigenvalue weighted by molar-refractivity contribution is 6.42. The molecule has 0 aliphatic carbocycles. The molecule has 2 aromatic rings. The number of alkyl halides is 1. The monoisotopic (exact) mass is 332 g/mol. The van der Waals surface area contributed by atoms with Gasteiger partial charge in [0.15, 0.2) is 0 Å². The summed E-state index contributed by atoms with van der Waals surface area (Å²) in [6, 6.07) is 11.3. The minimum absolute atomic E-state index is 0.143.